The second-order valence-electron chi connectivity index (χ2n) is 7.35. The number of nitrogens with one attached hydrogen (secondary N) is 1. The molecule has 0 aliphatic heterocycles. The molecule has 3 heterocycles. The fourth-order valence-corrected chi connectivity index (χ4v) is 2.94. The zero-order chi connectivity index (χ0) is 21.1. The van der Waals surface area contributed by atoms with E-state index in [9.17, 15) is 4.79 Å². The van der Waals surface area contributed by atoms with Gasteiger partial charge >= 0.3 is 0 Å². The number of rotatable bonds is 6. The fourth-order valence-electron chi connectivity index (χ4n) is 2.94. The van der Waals surface area contributed by atoms with Crippen LogP contribution in [0.1, 0.15) is 47.2 Å². The molecule has 4 aromatic rings. The first-order chi connectivity index (χ1) is 14.5. The molecule has 0 unspecified atom stereocenters. The van der Waals surface area contributed by atoms with E-state index in [2.05, 4.69) is 25.4 Å². The van der Waals surface area contributed by atoms with Crippen LogP contribution in [0.3, 0.4) is 0 Å². The number of carbonyl (C=O) groups is 1. The molecule has 0 fully saturated rings. The molecule has 1 aromatic carbocycles. The maximum atomic E-state index is 12.5. The van der Waals surface area contributed by atoms with Crippen molar-refractivity contribution in [3.8, 4) is 17.3 Å². The van der Waals surface area contributed by atoms with Gasteiger partial charge in [-0.15, -0.1) is 0 Å². The molecule has 8 nitrogen and oxygen atoms in total. The number of pyridine rings is 1. The lowest BCUT2D eigenvalue weighted by atomic mass is 10.1. The summed E-state index contributed by atoms with van der Waals surface area (Å²) in [5.74, 6) is 1.61. The Balaban J connectivity index is 1.48. The standard InChI is InChI=1S/C22H22N6O2/c1-14(2)20-26-22(30-27-20)17-7-8-23-19(10-17)28-12-18(25-13-28)21(29)24-11-16-6-4-5-15(3)9-16/h4-10,12-14H,11H2,1-3H3,(H,24,29). The van der Waals surface area contributed by atoms with Crippen LogP contribution < -0.4 is 5.32 Å². The molecule has 0 aliphatic carbocycles. The van der Waals surface area contributed by atoms with Crippen molar-refractivity contribution in [3.05, 3.63) is 77.8 Å². The molecule has 0 atom stereocenters. The fraction of sp³-hybridized carbons (Fsp3) is 0.227. The predicted octanol–water partition coefficient (Wildman–Crippen LogP) is 3.68. The summed E-state index contributed by atoms with van der Waals surface area (Å²) in [4.78, 5) is 25.4. The van der Waals surface area contributed by atoms with Crippen LogP contribution in [0, 0.1) is 6.92 Å². The first-order valence-electron chi connectivity index (χ1n) is 9.68. The Hall–Kier alpha value is -3.81. The zero-order valence-corrected chi connectivity index (χ0v) is 17.0. The summed E-state index contributed by atoms with van der Waals surface area (Å²) in [6, 6.07) is 11.6. The van der Waals surface area contributed by atoms with Crippen LogP contribution in [-0.4, -0.2) is 30.6 Å². The van der Waals surface area contributed by atoms with E-state index in [1.807, 2.05) is 51.1 Å². The Bertz CT molecular complexity index is 1180. The third-order valence-electron chi connectivity index (χ3n) is 4.57. The Morgan fingerprint density at radius 3 is 2.83 bits per heavy atom. The number of aryl methyl sites for hydroxylation is 1. The van der Waals surface area contributed by atoms with Gasteiger partial charge in [0.1, 0.15) is 17.8 Å². The number of imidazole rings is 1. The first kappa shape index (κ1) is 19.5. The van der Waals surface area contributed by atoms with Crippen LogP contribution in [0.4, 0.5) is 0 Å². The molecule has 0 radical (unpaired) electrons. The maximum Gasteiger partial charge on any atom is 0.271 e. The zero-order valence-electron chi connectivity index (χ0n) is 17.0. The van der Waals surface area contributed by atoms with Crippen molar-refractivity contribution in [2.24, 2.45) is 0 Å². The molecule has 30 heavy (non-hydrogen) atoms. The van der Waals surface area contributed by atoms with E-state index in [1.165, 1.54) is 0 Å². The molecule has 152 valence electrons. The van der Waals surface area contributed by atoms with Gasteiger partial charge in [-0.1, -0.05) is 48.8 Å². The lowest BCUT2D eigenvalue weighted by Crippen LogP contribution is -2.23. The van der Waals surface area contributed by atoms with Gasteiger partial charge in [-0.3, -0.25) is 9.36 Å². The second kappa shape index (κ2) is 8.28. The molecule has 1 N–H and O–H groups in total. The van der Waals surface area contributed by atoms with E-state index in [-0.39, 0.29) is 11.8 Å². The van der Waals surface area contributed by atoms with Crippen LogP contribution >= 0.6 is 0 Å². The molecular formula is C22H22N6O2. The SMILES string of the molecule is Cc1cccc(CNC(=O)c2cn(-c3cc(-c4nc(C(C)C)no4)ccn3)cn2)c1. The lowest BCUT2D eigenvalue weighted by molar-refractivity contribution is 0.0946. The summed E-state index contributed by atoms with van der Waals surface area (Å²) >= 11 is 0. The van der Waals surface area contributed by atoms with Crippen molar-refractivity contribution in [1.82, 2.24) is 30.0 Å². The number of nitrogens with zero attached hydrogens (tertiary/aromatic N) is 5. The van der Waals surface area contributed by atoms with Crippen LogP contribution in [0.2, 0.25) is 0 Å². The molecule has 0 saturated carbocycles. The summed E-state index contributed by atoms with van der Waals surface area (Å²) in [5, 5.41) is 6.88. The van der Waals surface area contributed by atoms with Gasteiger partial charge < -0.3 is 9.84 Å². The number of benzene rings is 1. The summed E-state index contributed by atoms with van der Waals surface area (Å²) in [7, 11) is 0. The molecule has 0 spiro atoms. The highest BCUT2D eigenvalue weighted by atomic mass is 16.5. The van der Waals surface area contributed by atoms with E-state index < -0.39 is 0 Å². The average molecular weight is 402 g/mol. The van der Waals surface area contributed by atoms with Crippen molar-refractivity contribution < 1.29 is 9.32 Å². The number of aromatic nitrogens is 5. The molecule has 4 rings (SSSR count). The molecule has 0 bridgehead atoms. The Morgan fingerprint density at radius 2 is 2.07 bits per heavy atom. The maximum absolute atomic E-state index is 12.5. The topological polar surface area (TPSA) is 98.7 Å². The minimum Gasteiger partial charge on any atom is -0.347 e. The molecule has 0 saturated heterocycles. The minimum atomic E-state index is -0.245. The normalized spacial score (nSPS) is 11.1. The predicted molar refractivity (Wildman–Crippen MR) is 111 cm³/mol. The van der Waals surface area contributed by atoms with Crippen molar-refractivity contribution in [2.75, 3.05) is 0 Å². The van der Waals surface area contributed by atoms with Gasteiger partial charge in [0.2, 0.25) is 0 Å². The van der Waals surface area contributed by atoms with Gasteiger partial charge in [0.05, 0.1) is 0 Å². The van der Waals surface area contributed by atoms with Crippen molar-refractivity contribution >= 4 is 5.91 Å². The molecule has 0 aliphatic rings. The smallest absolute Gasteiger partial charge is 0.271 e. The summed E-state index contributed by atoms with van der Waals surface area (Å²) in [6.07, 6.45) is 4.85. The van der Waals surface area contributed by atoms with Gasteiger partial charge in [0.25, 0.3) is 11.8 Å². The Morgan fingerprint density at radius 1 is 1.20 bits per heavy atom. The number of carbonyl (C=O) groups excluding carboxylic acids is 1. The third kappa shape index (κ3) is 4.27. The van der Waals surface area contributed by atoms with E-state index in [0.717, 1.165) is 16.7 Å². The highest BCUT2D eigenvalue weighted by Crippen LogP contribution is 2.21. The van der Waals surface area contributed by atoms with E-state index in [4.69, 9.17) is 4.52 Å². The van der Waals surface area contributed by atoms with Crippen molar-refractivity contribution in [3.63, 3.8) is 0 Å². The van der Waals surface area contributed by atoms with E-state index in [0.29, 0.717) is 29.8 Å². The molecule has 3 aromatic heterocycles. The first-order valence-corrected chi connectivity index (χ1v) is 9.68. The van der Waals surface area contributed by atoms with Gasteiger partial charge in [0.15, 0.2) is 5.82 Å². The van der Waals surface area contributed by atoms with Crippen molar-refractivity contribution in [2.45, 2.75) is 33.2 Å². The van der Waals surface area contributed by atoms with Crippen LogP contribution in [0.5, 0.6) is 0 Å². The lowest BCUT2D eigenvalue weighted by Gasteiger charge is -2.04. The molecule has 1 amide bonds. The minimum absolute atomic E-state index is 0.179. The molecule has 8 heteroatoms. The molecular weight excluding hydrogens is 380 g/mol. The van der Waals surface area contributed by atoms with Gasteiger partial charge in [-0.05, 0) is 24.6 Å². The Labute approximate surface area is 174 Å². The largest absolute Gasteiger partial charge is 0.347 e. The van der Waals surface area contributed by atoms with E-state index >= 15 is 0 Å². The highest BCUT2D eigenvalue weighted by molar-refractivity contribution is 5.92. The summed E-state index contributed by atoms with van der Waals surface area (Å²) < 4.78 is 7.04. The van der Waals surface area contributed by atoms with Crippen molar-refractivity contribution in [1.29, 1.82) is 0 Å². The third-order valence-corrected chi connectivity index (χ3v) is 4.57. The second-order valence-corrected chi connectivity index (χ2v) is 7.35. The quantitative estimate of drug-likeness (QED) is 0.528. The number of hydrogen-bond donors (Lipinski definition) is 1. The summed E-state index contributed by atoms with van der Waals surface area (Å²) in [5.41, 5.74) is 3.25. The highest BCUT2D eigenvalue weighted by Gasteiger charge is 2.14. The average Bonchev–Trinajstić information content (AvgIpc) is 3.42. The number of amides is 1. The van der Waals surface area contributed by atoms with Gasteiger partial charge in [-0.25, -0.2) is 9.97 Å². The van der Waals surface area contributed by atoms with Crippen LogP contribution in [0.25, 0.3) is 17.3 Å². The van der Waals surface area contributed by atoms with Crippen LogP contribution in [0.15, 0.2) is 59.6 Å². The van der Waals surface area contributed by atoms with E-state index in [1.54, 1.807) is 29.4 Å². The monoisotopic (exact) mass is 402 g/mol. The Kier molecular flexibility index (Phi) is 5.38. The van der Waals surface area contributed by atoms with Crippen LogP contribution in [-0.2, 0) is 6.54 Å². The van der Waals surface area contributed by atoms with Gasteiger partial charge in [0, 0.05) is 30.4 Å². The van der Waals surface area contributed by atoms with Gasteiger partial charge in [-0.2, -0.15) is 4.98 Å². The summed E-state index contributed by atoms with van der Waals surface area (Å²) in [6.45, 7) is 6.47. The number of hydrogen-bond acceptors (Lipinski definition) is 6.